The zero-order valence-electron chi connectivity index (χ0n) is 14.2. The number of likely N-dealkylation sites (N-methyl/N-ethyl adjacent to an activating group) is 1. The van der Waals surface area contributed by atoms with Crippen LogP contribution in [-0.2, 0) is 4.79 Å². The van der Waals surface area contributed by atoms with Crippen molar-refractivity contribution in [1.29, 1.82) is 0 Å². The van der Waals surface area contributed by atoms with Crippen LogP contribution in [0.15, 0.2) is 24.3 Å². The zero-order chi connectivity index (χ0) is 15.5. The molecule has 0 bridgehead atoms. The Balaban J connectivity index is 0.00000242. The van der Waals surface area contributed by atoms with Gasteiger partial charge in [-0.3, -0.25) is 4.79 Å². The number of aryl methyl sites for hydroxylation is 1. The zero-order valence-corrected chi connectivity index (χ0v) is 15.8. The highest BCUT2D eigenvalue weighted by atomic mass is 35.5. The lowest BCUT2D eigenvalue weighted by molar-refractivity contribution is -0.126. The Hall–Kier alpha value is -0.810. The van der Waals surface area contributed by atoms with Gasteiger partial charge in [0.15, 0.2) is 0 Å². The van der Waals surface area contributed by atoms with Gasteiger partial charge >= 0.3 is 0 Å². The topological polar surface area (TPSA) is 58.4 Å². The maximum Gasteiger partial charge on any atom is 0.240 e. The fourth-order valence-electron chi connectivity index (χ4n) is 2.99. The minimum atomic E-state index is -0.649. The predicted molar refractivity (Wildman–Crippen MR) is 100 cm³/mol. The summed E-state index contributed by atoms with van der Waals surface area (Å²) in [4.78, 5) is 14.5. The number of nitrogens with zero attached hydrogens (tertiary/aromatic N) is 1. The highest BCUT2D eigenvalue weighted by Crippen LogP contribution is 2.27. The van der Waals surface area contributed by atoms with Crippen molar-refractivity contribution in [2.24, 2.45) is 5.73 Å². The van der Waals surface area contributed by atoms with Crippen LogP contribution in [0.25, 0.3) is 0 Å². The third-order valence-electron chi connectivity index (χ3n) is 4.49. The van der Waals surface area contributed by atoms with Crippen LogP contribution in [0.2, 0.25) is 0 Å². The van der Waals surface area contributed by atoms with Gasteiger partial charge in [-0.05, 0) is 39.4 Å². The number of rotatable bonds is 5. The summed E-state index contributed by atoms with van der Waals surface area (Å²) in [6, 6.07) is 8.63. The van der Waals surface area contributed by atoms with Crippen LogP contribution >= 0.6 is 24.8 Å². The van der Waals surface area contributed by atoms with Crippen molar-refractivity contribution in [3.63, 3.8) is 0 Å². The van der Waals surface area contributed by atoms with Gasteiger partial charge in [-0.25, -0.2) is 0 Å². The number of hydrogen-bond acceptors (Lipinski definition) is 3. The molecule has 23 heavy (non-hydrogen) atoms. The number of nitrogens with two attached hydrogens (primary N) is 1. The fraction of sp³-hybridized carbons (Fsp3) is 0.588. The molecular weight excluding hydrogens is 333 g/mol. The summed E-state index contributed by atoms with van der Waals surface area (Å²) in [5.41, 5.74) is 8.00. The van der Waals surface area contributed by atoms with E-state index in [0.29, 0.717) is 6.54 Å². The van der Waals surface area contributed by atoms with E-state index in [1.54, 1.807) is 0 Å². The largest absolute Gasteiger partial charge is 0.353 e. The highest BCUT2D eigenvalue weighted by Gasteiger charge is 2.37. The van der Waals surface area contributed by atoms with Crippen molar-refractivity contribution in [1.82, 2.24) is 10.2 Å². The van der Waals surface area contributed by atoms with Gasteiger partial charge in [0, 0.05) is 6.54 Å². The monoisotopic (exact) mass is 361 g/mol. The van der Waals surface area contributed by atoms with Crippen molar-refractivity contribution in [2.75, 3.05) is 20.6 Å². The average molecular weight is 362 g/mol. The summed E-state index contributed by atoms with van der Waals surface area (Å²) in [5.74, 6) is -0.000961. The molecule has 1 aliphatic carbocycles. The van der Waals surface area contributed by atoms with Gasteiger partial charge in [-0.1, -0.05) is 42.7 Å². The van der Waals surface area contributed by atoms with Crippen molar-refractivity contribution >= 4 is 30.7 Å². The summed E-state index contributed by atoms with van der Waals surface area (Å²) in [5, 5.41) is 3.05. The molecule has 1 fully saturated rings. The molecule has 6 heteroatoms. The van der Waals surface area contributed by atoms with Crippen LogP contribution in [0.1, 0.15) is 42.9 Å². The predicted octanol–water partition coefficient (Wildman–Crippen LogP) is 2.83. The van der Waals surface area contributed by atoms with E-state index in [1.165, 1.54) is 11.1 Å². The molecular formula is C17H29Cl2N3O. The van der Waals surface area contributed by atoms with Gasteiger partial charge in [-0.2, -0.15) is 0 Å². The van der Waals surface area contributed by atoms with Gasteiger partial charge in [0.1, 0.15) is 0 Å². The normalized spacial score (nSPS) is 17.1. The highest BCUT2D eigenvalue weighted by molar-refractivity contribution is 5.86. The van der Waals surface area contributed by atoms with Gasteiger partial charge in [0.25, 0.3) is 0 Å². The smallest absolute Gasteiger partial charge is 0.240 e. The molecule has 0 spiro atoms. The quantitative estimate of drug-likeness (QED) is 0.847. The minimum Gasteiger partial charge on any atom is -0.353 e. The number of hydrogen-bond donors (Lipinski definition) is 2. The molecule has 0 aliphatic heterocycles. The first-order valence-electron chi connectivity index (χ1n) is 7.72. The molecule has 1 unspecified atom stereocenters. The van der Waals surface area contributed by atoms with E-state index in [0.717, 1.165) is 25.7 Å². The Morgan fingerprint density at radius 3 is 2.22 bits per heavy atom. The van der Waals surface area contributed by atoms with Gasteiger partial charge in [-0.15, -0.1) is 24.8 Å². The maximum atomic E-state index is 12.3. The first kappa shape index (κ1) is 22.2. The van der Waals surface area contributed by atoms with Crippen LogP contribution in [0.5, 0.6) is 0 Å². The Morgan fingerprint density at radius 1 is 1.22 bits per heavy atom. The van der Waals surface area contributed by atoms with Crippen molar-refractivity contribution in [3.8, 4) is 0 Å². The van der Waals surface area contributed by atoms with E-state index in [4.69, 9.17) is 5.73 Å². The molecule has 132 valence electrons. The Kier molecular flexibility index (Phi) is 9.14. The molecule has 3 N–H and O–H groups in total. The molecule has 1 aromatic rings. The Bertz CT molecular complexity index is 485. The maximum absolute atomic E-state index is 12.3. The molecule has 0 heterocycles. The Morgan fingerprint density at radius 2 is 1.74 bits per heavy atom. The van der Waals surface area contributed by atoms with Gasteiger partial charge in [0.2, 0.25) is 5.91 Å². The molecule has 0 aromatic heterocycles. The lowest BCUT2D eigenvalue weighted by atomic mass is 9.97. The molecule has 1 amide bonds. The lowest BCUT2D eigenvalue weighted by Gasteiger charge is -2.28. The third-order valence-corrected chi connectivity index (χ3v) is 4.49. The SMILES string of the molecule is Cc1ccc(C(CNC(=O)C2(N)CCCC2)N(C)C)cc1.Cl.Cl. The van der Waals surface area contributed by atoms with Crippen LogP contribution in [0.3, 0.4) is 0 Å². The summed E-state index contributed by atoms with van der Waals surface area (Å²) in [7, 11) is 4.06. The van der Waals surface area contributed by atoms with E-state index < -0.39 is 5.54 Å². The van der Waals surface area contributed by atoms with E-state index in [1.807, 2.05) is 14.1 Å². The second kappa shape index (κ2) is 9.48. The molecule has 1 aliphatic rings. The molecule has 1 atom stereocenters. The first-order valence-corrected chi connectivity index (χ1v) is 7.72. The van der Waals surface area contributed by atoms with Crippen molar-refractivity contribution in [3.05, 3.63) is 35.4 Å². The van der Waals surface area contributed by atoms with Gasteiger partial charge in [0.05, 0.1) is 11.6 Å². The summed E-state index contributed by atoms with van der Waals surface area (Å²) >= 11 is 0. The second-order valence-corrected chi connectivity index (χ2v) is 6.46. The summed E-state index contributed by atoms with van der Waals surface area (Å²) in [6.45, 7) is 2.67. The fourth-order valence-corrected chi connectivity index (χ4v) is 2.99. The Labute approximate surface area is 152 Å². The second-order valence-electron chi connectivity index (χ2n) is 6.46. The summed E-state index contributed by atoms with van der Waals surface area (Å²) in [6.07, 6.45) is 3.71. The van der Waals surface area contributed by atoms with Crippen LogP contribution in [0, 0.1) is 6.92 Å². The number of carbonyl (C=O) groups is 1. The molecule has 0 saturated heterocycles. The molecule has 1 aromatic carbocycles. The standard InChI is InChI=1S/C17H27N3O.2ClH/c1-13-6-8-14(9-7-13)15(20(2)3)12-19-16(21)17(18)10-4-5-11-17;;/h6-9,15H,4-5,10-12,18H2,1-3H3,(H,19,21);2*1H. The van der Waals surface area contributed by atoms with E-state index >= 15 is 0 Å². The number of benzene rings is 1. The van der Waals surface area contributed by atoms with Crippen molar-refractivity contribution in [2.45, 2.75) is 44.2 Å². The van der Waals surface area contributed by atoms with E-state index in [-0.39, 0.29) is 36.8 Å². The molecule has 2 rings (SSSR count). The van der Waals surface area contributed by atoms with Crippen LogP contribution in [0.4, 0.5) is 0 Å². The minimum absolute atomic E-state index is 0. The summed E-state index contributed by atoms with van der Waals surface area (Å²) < 4.78 is 0. The molecule has 4 nitrogen and oxygen atoms in total. The average Bonchev–Trinajstić information content (AvgIpc) is 2.88. The molecule has 1 saturated carbocycles. The van der Waals surface area contributed by atoms with Gasteiger partial charge < -0.3 is 16.0 Å². The number of carbonyl (C=O) groups excluding carboxylic acids is 1. The van der Waals surface area contributed by atoms with Crippen molar-refractivity contribution < 1.29 is 4.79 Å². The number of halogens is 2. The lowest BCUT2D eigenvalue weighted by Crippen LogP contribution is -2.53. The van der Waals surface area contributed by atoms with Crippen LogP contribution in [-0.4, -0.2) is 37.0 Å². The number of nitrogens with one attached hydrogen (secondary N) is 1. The first-order chi connectivity index (χ1) is 9.92. The van der Waals surface area contributed by atoms with E-state index in [9.17, 15) is 4.79 Å². The third kappa shape index (κ3) is 5.64. The molecule has 0 radical (unpaired) electrons. The van der Waals surface area contributed by atoms with E-state index in [2.05, 4.69) is 41.4 Å². The number of amides is 1. The van der Waals surface area contributed by atoms with Crippen LogP contribution < -0.4 is 11.1 Å².